The quantitative estimate of drug-likeness (QED) is 0.827. The van der Waals surface area contributed by atoms with Crippen molar-refractivity contribution in [2.45, 2.75) is 44.4 Å². The van der Waals surface area contributed by atoms with E-state index in [9.17, 15) is 9.59 Å². The fourth-order valence-corrected chi connectivity index (χ4v) is 2.58. The lowest BCUT2D eigenvalue weighted by molar-refractivity contribution is -0.0541. The van der Waals surface area contributed by atoms with Crippen LogP contribution >= 0.6 is 0 Å². The lowest BCUT2D eigenvalue weighted by Crippen LogP contribution is -2.44. The number of nitrogens with one attached hydrogen (secondary N) is 1. The number of rotatable bonds is 5. The van der Waals surface area contributed by atoms with E-state index in [-0.39, 0.29) is 6.61 Å². The van der Waals surface area contributed by atoms with E-state index in [1.165, 1.54) is 19.2 Å². The van der Waals surface area contributed by atoms with Gasteiger partial charge in [-0.2, -0.15) is 0 Å². The lowest BCUT2D eigenvalue weighted by atomic mass is 9.97. The van der Waals surface area contributed by atoms with E-state index < -0.39 is 35.4 Å². The maximum absolute atomic E-state index is 15.1. The molecule has 2 rings (SSSR count). The summed E-state index contributed by atoms with van der Waals surface area (Å²) in [5, 5.41) is 0. The highest BCUT2D eigenvalue weighted by molar-refractivity contribution is 5.02. The SMILES string of the molecule is C=CCO[C@@H]1[C@@H](CC)O[C@@H](n2ccc(=O)[nH]c2=O)[C@]1(C)F. The van der Waals surface area contributed by atoms with Crippen LogP contribution < -0.4 is 11.2 Å². The predicted octanol–water partition coefficient (Wildman–Crippen LogP) is 1.14. The normalized spacial score (nSPS) is 32.2. The number of aromatic amines is 1. The topological polar surface area (TPSA) is 73.3 Å². The van der Waals surface area contributed by atoms with Crippen LogP contribution in [0.1, 0.15) is 26.5 Å². The highest BCUT2D eigenvalue weighted by atomic mass is 19.1. The third kappa shape index (κ3) is 2.84. The van der Waals surface area contributed by atoms with Gasteiger partial charge in [0.2, 0.25) is 0 Å². The van der Waals surface area contributed by atoms with Crippen molar-refractivity contribution in [1.82, 2.24) is 9.55 Å². The molecule has 0 unspecified atom stereocenters. The van der Waals surface area contributed by atoms with E-state index in [4.69, 9.17) is 9.47 Å². The molecule has 1 saturated heterocycles. The monoisotopic (exact) mass is 298 g/mol. The summed E-state index contributed by atoms with van der Waals surface area (Å²) in [7, 11) is 0. The van der Waals surface area contributed by atoms with Gasteiger partial charge in [0.15, 0.2) is 11.9 Å². The summed E-state index contributed by atoms with van der Waals surface area (Å²) < 4.78 is 27.3. The Bertz CT molecular complexity index is 622. The first-order valence-electron chi connectivity index (χ1n) is 6.80. The fourth-order valence-electron chi connectivity index (χ4n) is 2.58. The number of nitrogens with zero attached hydrogens (tertiary/aromatic N) is 1. The maximum Gasteiger partial charge on any atom is 0.330 e. The Labute approximate surface area is 121 Å². The van der Waals surface area contributed by atoms with Crippen LogP contribution in [0.3, 0.4) is 0 Å². The molecule has 0 aromatic carbocycles. The average molecular weight is 298 g/mol. The largest absolute Gasteiger partial charge is 0.368 e. The van der Waals surface area contributed by atoms with Gasteiger partial charge in [0.05, 0.1) is 12.7 Å². The standard InChI is InChI=1S/C14H19FN2O4/c1-4-8-20-11-9(5-2)21-12(14(11,3)15)17-7-6-10(18)16-13(17)19/h4,6-7,9,11-12H,1,5,8H2,2-3H3,(H,16,18,19)/t9-,11-,12-,14-/m1/s1. The van der Waals surface area contributed by atoms with Gasteiger partial charge in [-0.3, -0.25) is 14.3 Å². The second-order valence-electron chi connectivity index (χ2n) is 5.15. The van der Waals surface area contributed by atoms with Crippen molar-refractivity contribution in [3.63, 3.8) is 0 Å². The Morgan fingerprint density at radius 3 is 2.90 bits per heavy atom. The average Bonchev–Trinajstić information content (AvgIpc) is 2.67. The van der Waals surface area contributed by atoms with Gasteiger partial charge in [0.25, 0.3) is 5.56 Å². The summed E-state index contributed by atoms with van der Waals surface area (Å²) in [4.78, 5) is 25.0. The maximum atomic E-state index is 15.1. The van der Waals surface area contributed by atoms with Gasteiger partial charge in [-0.1, -0.05) is 13.0 Å². The van der Waals surface area contributed by atoms with Crippen molar-refractivity contribution in [2.24, 2.45) is 0 Å². The van der Waals surface area contributed by atoms with Crippen LogP contribution in [0.2, 0.25) is 0 Å². The Morgan fingerprint density at radius 2 is 2.33 bits per heavy atom. The highest BCUT2D eigenvalue weighted by Gasteiger charge is 2.55. The zero-order valence-electron chi connectivity index (χ0n) is 12.0. The summed E-state index contributed by atoms with van der Waals surface area (Å²) in [5.74, 6) is 0. The van der Waals surface area contributed by atoms with Gasteiger partial charge in [-0.15, -0.1) is 6.58 Å². The molecule has 4 atom stereocenters. The molecule has 1 aliphatic heterocycles. The third-order valence-electron chi connectivity index (χ3n) is 3.58. The lowest BCUT2D eigenvalue weighted by Gasteiger charge is -2.27. The van der Waals surface area contributed by atoms with Crippen molar-refractivity contribution < 1.29 is 13.9 Å². The zero-order chi connectivity index (χ0) is 15.6. The van der Waals surface area contributed by atoms with Crippen LogP contribution in [0.15, 0.2) is 34.5 Å². The van der Waals surface area contributed by atoms with Crippen molar-refractivity contribution in [1.29, 1.82) is 0 Å². The number of hydrogen-bond acceptors (Lipinski definition) is 4. The van der Waals surface area contributed by atoms with E-state index >= 15 is 4.39 Å². The van der Waals surface area contributed by atoms with Crippen molar-refractivity contribution in [2.75, 3.05) is 6.61 Å². The number of ether oxygens (including phenoxy) is 2. The number of H-pyrrole nitrogens is 1. The van der Waals surface area contributed by atoms with Crippen molar-refractivity contribution >= 4 is 0 Å². The Morgan fingerprint density at radius 1 is 1.62 bits per heavy atom. The first kappa shape index (κ1) is 15.7. The first-order chi connectivity index (χ1) is 9.91. The van der Waals surface area contributed by atoms with Gasteiger partial charge >= 0.3 is 5.69 Å². The Kier molecular flexibility index (Phi) is 4.43. The molecule has 1 aromatic heterocycles. The molecular formula is C14H19FN2O4. The van der Waals surface area contributed by atoms with Gasteiger partial charge in [0.1, 0.15) is 6.10 Å². The third-order valence-corrected chi connectivity index (χ3v) is 3.58. The smallest absolute Gasteiger partial charge is 0.330 e. The number of alkyl halides is 1. The molecule has 1 N–H and O–H groups in total. The molecule has 1 fully saturated rings. The molecule has 0 saturated carbocycles. The second kappa shape index (κ2) is 5.95. The summed E-state index contributed by atoms with van der Waals surface area (Å²) in [6.45, 7) is 6.91. The highest BCUT2D eigenvalue weighted by Crippen LogP contribution is 2.43. The summed E-state index contributed by atoms with van der Waals surface area (Å²) in [6.07, 6.45) is 0.847. The van der Waals surface area contributed by atoms with Gasteiger partial charge < -0.3 is 9.47 Å². The second-order valence-corrected chi connectivity index (χ2v) is 5.15. The molecule has 0 radical (unpaired) electrons. The van der Waals surface area contributed by atoms with Gasteiger partial charge in [0, 0.05) is 12.3 Å². The van der Waals surface area contributed by atoms with E-state index in [1.54, 1.807) is 0 Å². The molecule has 2 heterocycles. The minimum Gasteiger partial charge on any atom is -0.368 e. The van der Waals surface area contributed by atoms with Crippen molar-refractivity contribution in [3.8, 4) is 0 Å². The number of halogens is 1. The Hall–Kier alpha value is -1.73. The summed E-state index contributed by atoms with van der Waals surface area (Å²) in [6, 6.07) is 1.15. The predicted molar refractivity (Wildman–Crippen MR) is 75.0 cm³/mol. The van der Waals surface area contributed by atoms with Crippen LogP contribution in [-0.4, -0.2) is 34.0 Å². The van der Waals surface area contributed by atoms with Crippen LogP contribution in [0.5, 0.6) is 0 Å². The van der Waals surface area contributed by atoms with Gasteiger partial charge in [-0.25, -0.2) is 9.18 Å². The van der Waals surface area contributed by atoms with Crippen LogP contribution in [-0.2, 0) is 9.47 Å². The van der Waals surface area contributed by atoms with Crippen molar-refractivity contribution in [3.05, 3.63) is 45.8 Å². The molecule has 116 valence electrons. The number of hydrogen-bond donors (Lipinski definition) is 1. The molecule has 0 bridgehead atoms. The van der Waals surface area contributed by atoms with E-state index in [0.717, 1.165) is 10.6 Å². The molecule has 6 nitrogen and oxygen atoms in total. The molecule has 0 aliphatic carbocycles. The summed E-state index contributed by atoms with van der Waals surface area (Å²) in [5.41, 5.74) is -3.16. The minimum atomic E-state index is -1.91. The minimum absolute atomic E-state index is 0.192. The van der Waals surface area contributed by atoms with Gasteiger partial charge in [-0.05, 0) is 13.3 Å². The molecule has 21 heavy (non-hydrogen) atoms. The first-order valence-corrected chi connectivity index (χ1v) is 6.80. The summed E-state index contributed by atoms with van der Waals surface area (Å²) >= 11 is 0. The fraction of sp³-hybridized carbons (Fsp3) is 0.571. The van der Waals surface area contributed by atoms with E-state index in [1.807, 2.05) is 6.92 Å². The Balaban J connectivity index is 2.38. The van der Waals surface area contributed by atoms with Crippen LogP contribution in [0, 0.1) is 0 Å². The molecule has 0 amide bonds. The molecule has 1 aliphatic rings. The number of aromatic nitrogens is 2. The van der Waals surface area contributed by atoms with E-state index in [2.05, 4.69) is 11.6 Å². The zero-order valence-corrected chi connectivity index (χ0v) is 12.0. The van der Waals surface area contributed by atoms with E-state index in [0.29, 0.717) is 6.42 Å². The molecule has 0 spiro atoms. The molecular weight excluding hydrogens is 279 g/mol. The van der Waals surface area contributed by atoms with Crippen LogP contribution in [0.4, 0.5) is 4.39 Å². The molecule has 1 aromatic rings. The molecule has 7 heteroatoms. The van der Waals surface area contributed by atoms with Crippen LogP contribution in [0.25, 0.3) is 0 Å².